The number of piperazine rings is 1. The molecule has 1 aromatic heterocycles. The molecule has 3 rings (SSSR count). The van der Waals surface area contributed by atoms with E-state index in [-0.39, 0.29) is 18.3 Å². The first-order valence-corrected chi connectivity index (χ1v) is 7.68. The minimum absolute atomic E-state index is 0. The average Bonchev–Trinajstić information content (AvgIpc) is 2.91. The minimum Gasteiger partial charge on any atom is -0.493 e. The SMILES string of the molecule is COc1ccc2c(C)c(C(=O)N3CCN(C)CC3)oc2c1OC.Cl. The zero-order valence-corrected chi connectivity index (χ0v) is 15.2. The molecule has 1 aliphatic rings. The lowest BCUT2D eigenvalue weighted by Crippen LogP contribution is -2.47. The number of ether oxygens (including phenoxy) is 2. The Morgan fingerprint density at radius 3 is 2.38 bits per heavy atom. The van der Waals surface area contributed by atoms with Gasteiger partial charge in [0.15, 0.2) is 17.1 Å². The zero-order chi connectivity index (χ0) is 16.6. The molecule has 0 spiro atoms. The molecule has 0 radical (unpaired) electrons. The second-order valence-corrected chi connectivity index (χ2v) is 5.83. The van der Waals surface area contributed by atoms with Crippen LogP contribution < -0.4 is 9.47 Å². The lowest BCUT2D eigenvalue weighted by atomic mass is 10.1. The maximum Gasteiger partial charge on any atom is 0.289 e. The van der Waals surface area contributed by atoms with Gasteiger partial charge in [-0.25, -0.2) is 0 Å². The van der Waals surface area contributed by atoms with Crippen molar-refractivity contribution in [2.75, 3.05) is 47.4 Å². The highest BCUT2D eigenvalue weighted by Gasteiger charge is 2.27. The summed E-state index contributed by atoms with van der Waals surface area (Å²) in [4.78, 5) is 16.8. The predicted molar refractivity (Wildman–Crippen MR) is 94.7 cm³/mol. The van der Waals surface area contributed by atoms with Crippen molar-refractivity contribution >= 4 is 29.3 Å². The van der Waals surface area contributed by atoms with Crippen LogP contribution in [0.5, 0.6) is 11.5 Å². The summed E-state index contributed by atoms with van der Waals surface area (Å²) in [6.07, 6.45) is 0. The van der Waals surface area contributed by atoms with E-state index in [1.807, 2.05) is 24.0 Å². The van der Waals surface area contributed by atoms with Gasteiger partial charge in [-0.1, -0.05) is 0 Å². The molecule has 1 amide bonds. The fourth-order valence-electron chi connectivity index (χ4n) is 2.95. The first kappa shape index (κ1) is 18.4. The molecular weight excluding hydrogens is 332 g/mol. The molecule has 0 aliphatic carbocycles. The average molecular weight is 355 g/mol. The van der Waals surface area contributed by atoms with Crippen LogP contribution in [-0.2, 0) is 0 Å². The van der Waals surface area contributed by atoms with Crippen LogP contribution in [0.2, 0.25) is 0 Å². The number of methoxy groups -OCH3 is 2. The number of rotatable bonds is 3. The third kappa shape index (κ3) is 3.03. The summed E-state index contributed by atoms with van der Waals surface area (Å²) in [6, 6.07) is 3.73. The number of amides is 1. The number of benzene rings is 1. The van der Waals surface area contributed by atoms with Gasteiger partial charge in [0.05, 0.1) is 14.2 Å². The molecule has 0 unspecified atom stereocenters. The lowest BCUT2D eigenvalue weighted by molar-refractivity contribution is 0.0633. The van der Waals surface area contributed by atoms with Gasteiger partial charge in [-0.15, -0.1) is 12.4 Å². The van der Waals surface area contributed by atoms with E-state index in [4.69, 9.17) is 13.9 Å². The Balaban J connectivity index is 0.00000208. The number of nitrogens with zero attached hydrogens (tertiary/aromatic N) is 2. The van der Waals surface area contributed by atoms with Gasteiger partial charge < -0.3 is 23.7 Å². The lowest BCUT2D eigenvalue weighted by Gasteiger charge is -2.31. The van der Waals surface area contributed by atoms with Crippen LogP contribution in [0.4, 0.5) is 0 Å². The Labute approximate surface area is 147 Å². The number of likely N-dealkylation sites (N-methyl/N-ethyl adjacent to an activating group) is 1. The van der Waals surface area contributed by atoms with E-state index < -0.39 is 0 Å². The fourth-order valence-corrected chi connectivity index (χ4v) is 2.95. The first-order chi connectivity index (χ1) is 11.1. The van der Waals surface area contributed by atoms with Crippen molar-refractivity contribution in [2.45, 2.75) is 6.92 Å². The summed E-state index contributed by atoms with van der Waals surface area (Å²) < 4.78 is 16.6. The molecule has 0 bridgehead atoms. The Morgan fingerprint density at radius 1 is 1.12 bits per heavy atom. The van der Waals surface area contributed by atoms with Crippen LogP contribution in [0.15, 0.2) is 16.5 Å². The van der Waals surface area contributed by atoms with Gasteiger partial charge in [-0.2, -0.15) is 0 Å². The number of fused-ring (bicyclic) bond motifs is 1. The standard InChI is InChI=1S/C17H22N2O4.ClH/c1-11-12-5-6-13(21-3)16(22-4)15(12)23-14(11)17(20)19-9-7-18(2)8-10-19;/h5-6H,7-10H2,1-4H3;1H. The highest BCUT2D eigenvalue weighted by Crippen LogP contribution is 2.39. The second kappa shape index (κ2) is 7.32. The Kier molecular flexibility index (Phi) is 5.62. The number of carbonyl (C=O) groups is 1. The molecule has 0 atom stereocenters. The molecular formula is C17H23ClN2O4. The number of carbonyl (C=O) groups excluding carboxylic acids is 1. The van der Waals surface area contributed by atoms with Crippen LogP contribution in [0.1, 0.15) is 16.1 Å². The van der Waals surface area contributed by atoms with E-state index >= 15 is 0 Å². The number of aryl methyl sites for hydroxylation is 1. The minimum atomic E-state index is -0.0622. The van der Waals surface area contributed by atoms with Crippen molar-refractivity contribution < 1.29 is 18.7 Å². The molecule has 0 N–H and O–H groups in total. The summed E-state index contributed by atoms with van der Waals surface area (Å²) in [5, 5.41) is 0.875. The monoisotopic (exact) mass is 354 g/mol. The maximum absolute atomic E-state index is 12.8. The van der Waals surface area contributed by atoms with Crippen LogP contribution in [-0.4, -0.2) is 63.2 Å². The molecule has 24 heavy (non-hydrogen) atoms. The molecule has 2 heterocycles. The molecule has 6 nitrogen and oxygen atoms in total. The van der Waals surface area contributed by atoms with E-state index in [0.29, 0.717) is 35.9 Å². The molecule has 7 heteroatoms. The highest BCUT2D eigenvalue weighted by molar-refractivity contribution is 6.00. The molecule has 1 aliphatic heterocycles. The summed E-state index contributed by atoms with van der Waals surface area (Å²) in [7, 11) is 5.21. The first-order valence-electron chi connectivity index (χ1n) is 7.68. The van der Waals surface area contributed by atoms with E-state index in [1.165, 1.54) is 0 Å². The van der Waals surface area contributed by atoms with E-state index in [0.717, 1.165) is 24.0 Å². The number of hydrogen-bond donors (Lipinski definition) is 0. The van der Waals surface area contributed by atoms with Crippen LogP contribution in [0.25, 0.3) is 11.0 Å². The van der Waals surface area contributed by atoms with Crippen LogP contribution >= 0.6 is 12.4 Å². The van der Waals surface area contributed by atoms with Crippen molar-refractivity contribution in [3.63, 3.8) is 0 Å². The largest absolute Gasteiger partial charge is 0.493 e. The summed E-state index contributed by atoms with van der Waals surface area (Å²) >= 11 is 0. The quantitative estimate of drug-likeness (QED) is 0.848. The summed E-state index contributed by atoms with van der Waals surface area (Å²) in [5.41, 5.74) is 1.40. The van der Waals surface area contributed by atoms with Crippen molar-refractivity contribution in [2.24, 2.45) is 0 Å². The van der Waals surface area contributed by atoms with Crippen LogP contribution in [0, 0.1) is 6.92 Å². The number of halogens is 1. The summed E-state index contributed by atoms with van der Waals surface area (Å²) in [6.45, 7) is 5.09. The smallest absolute Gasteiger partial charge is 0.289 e. The van der Waals surface area contributed by atoms with Gasteiger partial charge in [-0.05, 0) is 26.1 Å². The van der Waals surface area contributed by atoms with Gasteiger partial charge in [-0.3, -0.25) is 4.79 Å². The third-order valence-corrected chi connectivity index (χ3v) is 4.43. The Morgan fingerprint density at radius 2 is 1.79 bits per heavy atom. The molecule has 1 aromatic carbocycles. The van der Waals surface area contributed by atoms with Crippen molar-refractivity contribution in [1.29, 1.82) is 0 Å². The van der Waals surface area contributed by atoms with Gasteiger partial charge in [0.25, 0.3) is 5.91 Å². The van der Waals surface area contributed by atoms with E-state index in [9.17, 15) is 4.79 Å². The maximum atomic E-state index is 12.8. The number of furan rings is 1. The predicted octanol–water partition coefficient (Wildman–Crippen LogP) is 2.57. The van der Waals surface area contributed by atoms with E-state index in [1.54, 1.807) is 14.2 Å². The van der Waals surface area contributed by atoms with Gasteiger partial charge in [0, 0.05) is 37.1 Å². The van der Waals surface area contributed by atoms with Crippen LogP contribution in [0.3, 0.4) is 0 Å². The molecule has 1 saturated heterocycles. The molecule has 2 aromatic rings. The Hall–Kier alpha value is -1.92. The van der Waals surface area contributed by atoms with Crippen molar-refractivity contribution in [1.82, 2.24) is 9.80 Å². The fraction of sp³-hybridized carbons (Fsp3) is 0.471. The molecule has 0 saturated carbocycles. The third-order valence-electron chi connectivity index (χ3n) is 4.43. The second-order valence-electron chi connectivity index (χ2n) is 5.83. The molecule has 132 valence electrons. The Bertz CT molecular complexity index is 736. The van der Waals surface area contributed by atoms with E-state index in [2.05, 4.69) is 11.9 Å². The van der Waals surface area contributed by atoms with Crippen molar-refractivity contribution in [3.8, 4) is 11.5 Å². The topological polar surface area (TPSA) is 55.2 Å². The normalized spacial score (nSPS) is 15.2. The summed E-state index contributed by atoms with van der Waals surface area (Å²) in [5.74, 6) is 1.43. The van der Waals surface area contributed by atoms with Gasteiger partial charge in [0.1, 0.15) is 0 Å². The van der Waals surface area contributed by atoms with Crippen molar-refractivity contribution in [3.05, 3.63) is 23.5 Å². The van der Waals surface area contributed by atoms with Gasteiger partial charge >= 0.3 is 0 Å². The molecule has 1 fully saturated rings. The number of hydrogen-bond acceptors (Lipinski definition) is 5. The zero-order valence-electron chi connectivity index (χ0n) is 14.4. The van der Waals surface area contributed by atoms with Gasteiger partial charge in [0.2, 0.25) is 5.75 Å². The highest BCUT2D eigenvalue weighted by atomic mass is 35.5.